The van der Waals surface area contributed by atoms with Gasteiger partial charge < -0.3 is 10.5 Å². The maximum atomic E-state index is 13.9. The lowest BCUT2D eigenvalue weighted by Gasteiger charge is -2.09. The predicted molar refractivity (Wildman–Crippen MR) is 76.1 cm³/mol. The standard InChI is InChI=1S/C16H13FN2O/c17-13-9-11(10-18)6-7-14(13)20-15-5-1-3-12-4-2-8-19-16(12)15/h1-9H,10,18H2. The van der Waals surface area contributed by atoms with Gasteiger partial charge in [0.1, 0.15) is 5.52 Å². The van der Waals surface area contributed by atoms with E-state index in [1.807, 2.05) is 24.3 Å². The Labute approximate surface area is 115 Å². The fourth-order valence-electron chi connectivity index (χ4n) is 2.03. The molecule has 0 radical (unpaired) electrons. The number of para-hydroxylation sites is 1. The van der Waals surface area contributed by atoms with Crippen molar-refractivity contribution in [3.05, 3.63) is 66.1 Å². The molecule has 0 aliphatic rings. The SMILES string of the molecule is NCc1ccc(Oc2cccc3cccnc23)c(F)c1. The largest absolute Gasteiger partial charge is 0.452 e. The maximum absolute atomic E-state index is 13.9. The Kier molecular flexibility index (Phi) is 3.31. The minimum Gasteiger partial charge on any atom is -0.452 e. The van der Waals surface area contributed by atoms with Crippen molar-refractivity contribution >= 4 is 10.9 Å². The molecule has 100 valence electrons. The van der Waals surface area contributed by atoms with Crippen molar-refractivity contribution in [2.45, 2.75) is 6.54 Å². The third-order valence-electron chi connectivity index (χ3n) is 3.05. The van der Waals surface area contributed by atoms with Gasteiger partial charge in [-0.3, -0.25) is 4.98 Å². The zero-order chi connectivity index (χ0) is 13.9. The zero-order valence-electron chi connectivity index (χ0n) is 10.7. The number of pyridine rings is 1. The first-order valence-corrected chi connectivity index (χ1v) is 6.28. The van der Waals surface area contributed by atoms with Gasteiger partial charge in [-0.05, 0) is 29.8 Å². The fraction of sp³-hybridized carbons (Fsp3) is 0.0625. The third-order valence-corrected chi connectivity index (χ3v) is 3.05. The van der Waals surface area contributed by atoms with Gasteiger partial charge in [0.15, 0.2) is 17.3 Å². The Hall–Kier alpha value is -2.46. The van der Waals surface area contributed by atoms with Gasteiger partial charge in [0.2, 0.25) is 0 Å². The van der Waals surface area contributed by atoms with Crippen molar-refractivity contribution in [2.24, 2.45) is 5.73 Å². The van der Waals surface area contributed by atoms with Crippen LogP contribution in [0.25, 0.3) is 10.9 Å². The number of hydrogen-bond acceptors (Lipinski definition) is 3. The second-order valence-corrected chi connectivity index (χ2v) is 4.40. The average Bonchev–Trinajstić information content (AvgIpc) is 2.49. The highest BCUT2D eigenvalue weighted by Crippen LogP contribution is 2.30. The zero-order valence-corrected chi connectivity index (χ0v) is 10.7. The van der Waals surface area contributed by atoms with Gasteiger partial charge in [0.05, 0.1) is 0 Å². The van der Waals surface area contributed by atoms with Crippen molar-refractivity contribution in [3.63, 3.8) is 0 Å². The number of aromatic nitrogens is 1. The van der Waals surface area contributed by atoms with Crippen LogP contribution in [0.1, 0.15) is 5.56 Å². The van der Waals surface area contributed by atoms with Gasteiger partial charge in [-0.15, -0.1) is 0 Å². The summed E-state index contributed by atoms with van der Waals surface area (Å²) in [5, 5.41) is 0.948. The maximum Gasteiger partial charge on any atom is 0.166 e. The number of benzene rings is 2. The topological polar surface area (TPSA) is 48.1 Å². The van der Waals surface area contributed by atoms with Crippen LogP contribution >= 0.6 is 0 Å². The number of halogens is 1. The molecule has 0 saturated heterocycles. The number of fused-ring (bicyclic) bond motifs is 1. The van der Waals surface area contributed by atoms with E-state index in [0.29, 0.717) is 17.8 Å². The van der Waals surface area contributed by atoms with E-state index in [4.69, 9.17) is 10.5 Å². The highest BCUT2D eigenvalue weighted by Gasteiger charge is 2.08. The summed E-state index contributed by atoms with van der Waals surface area (Å²) in [6.07, 6.45) is 1.68. The molecule has 0 spiro atoms. The van der Waals surface area contributed by atoms with E-state index in [9.17, 15) is 4.39 Å². The van der Waals surface area contributed by atoms with Crippen molar-refractivity contribution in [3.8, 4) is 11.5 Å². The second-order valence-electron chi connectivity index (χ2n) is 4.40. The predicted octanol–water partition coefficient (Wildman–Crippen LogP) is 3.62. The fourth-order valence-corrected chi connectivity index (χ4v) is 2.03. The molecule has 1 heterocycles. The highest BCUT2D eigenvalue weighted by atomic mass is 19.1. The average molecular weight is 268 g/mol. The molecule has 0 amide bonds. The smallest absolute Gasteiger partial charge is 0.166 e. The summed E-state index contributed by atoms with van der Waals surface area (Å²) in [7, 11) is 0. The molecule has 2 N–H and O–H groups in total. The summed E-state index contributed by atoms with van der Waals surface area (Å²) in [6, 6.07) is 14.1. The summed E-state index contributed by atoms with van der Waals surface area (Å²) < 4.78 is 19.6. The number of nitrogens with zero attached hydrogens (tertiary/aromatic N) is 1. The second kappa shape index (κ2) is 5.27. The molecular weight excluding hydrogens is 255 g/mol. The Morgan fingerprint density at radius 1 is 1.05 bits per heavy atom. The molecule has 0 fully saturated rings. The van der Waals surface area contributed by atoms with Gasteiger partial charge in [-0.1, -0.05) is 24.3 Å². The molecule has 20 heavy (non-hydrogen) atoms. The van der Waals surface area contributed by atoms with Crippen LogP contribution in [0.4, 0.5) is 4.39 Å². The number of ether oxygens (including phenoxy) is 1. The molecule has 0 atom stereocenters. The summed E-state index contributed by atoms with van der Waals surface area (Å²) >= 11 is 0. The summed E-state index contributed by atoms with van der Waals surface area (Å²) in [6.45, 7) is 0.299. The molecule has 0 aliphatic carbocycles. The molecule has 1 aromatic heterocycles. The van der Waals surface area contributed by atoms with E-state index in [2.05, 4.69) is 4.98 Å². The number of nitrogens with two attached hydrogens (primary N) is 1. The Balaban J connectivity index is 2.01. The van der Waals surface area contributed by atoms with Crippen LogP contribution in [0.5, 0.6) is 11.5 Å². The normalized spacial score (nSPS) is 10.7. The molecule has 0 aliphatic heterocycles. The molecule has 3 rings (SSSR count). The van der Waals surface area contributed by atoms with Crippen molar-refractivity contribution < 1.29 is 9.13 Å². The van der Waals surface area contributed by atoms with Crippen molar-refractivity contribution in [1.29, 1.82) is 0 Å². The lowest BCUT2D eigenvalue weighted by atomic mass is 10.2. The Morgan fingerprint density at radius 2 is 1.90 bits per heavy atom. The van der Waals surface area contributed by atoms with Crippen LogP contribution in [0, 0.1) is 5.82 Å². The molecule has 0 bridgehead atoms. The lowest BCUT2D eigenvalue weighted by molar-refractivity contribution is 0.445. The minimum absolute atomic E-state index is 0.167. The van der Waals surface area contributed by atoms with Crippen LogP contribution in [0.15, 0.2) is 54.7 Å². The summed E-state index contributed by atoms with van der Waals surface area (Å²) in [5.41, 5.74) is 6.91. The summed E-state index contributed by atoms with van der Waals surface area (Å²) in [4.78, 5) is 4.27. The van der Waals surface area contributed by atoms with Crippen molar-refractivity contribution in [2.75, 3.05) is 0 Å². The quantitative estimate of drug-likeness (QED) is 0.789. The highest BCUT2D eigenvalue weighted by molar-refractivity contribution is 5.84. The molecule has 3 aromatic rings. The van der Waals surface area contributed by atoms with Crippen LogP contribution in [-0.2, 0) is 6.54 Å². The molecule has 4 heteroatoms. The van der Waals surface area contributed by atoms with E-state index in [1.54, 1.807) is 24.4 Å². The Bertz CT molecular complexity index is 753. The van der Waals surface area contributed by atoms with E-state index < -0.39 is 5.82 Å². The van der Waals surface area contributed by atoms with E-state index in [-0.39, 0.29) is 5.75 Å². The molecular formula is C16H13FN2O. The van der Waals surface area contributed by atoms with E-state index in [0.717, 1.165) is 10.9 Å². The third kappa shape index (κ3) is 2.33. The molecule has 2 aromatic carbocycles. The first kappa shape index (κ1) is 12.6. The van der Waals surface area contributed by atoms with Crippen LogP contribution in [-0.4, -0.2) is 4.98 Å². The van der Waals surface area contributed by atoms with E-state index >= 15 is 0 Å². The van der Waals surface area contributed by atoms with Gasteiger partial charge in [0.25, 0.3) is 0 Å². The van der Waals surface area contributed by atoms with E-state index in [1.165, 1.54) is 6.07 Å². The van der Waals surface area contributed by atoms with Gasteiger partial charge >= 0.3 is 0 Å². The monoisotopic (exact) mass is 268 g/mol. The lowest BCUT2D eigenvalue weighted by Crippen LogP contribution is -1.98. The van der Waals surface area contributed by atoms with Crippen molar-refractivity contribution in [1.82, 2.24) is 4.98 Å². The van der Waals surface area contributed by atoms with Gasteiger partial charge in [0, 0.05) is 18.1 Å². The molecule has 0 unspecified atom stereocenters. The first-order chi connectivity index (χ1) is 9.78. The van der Waals surface area contributed by atoms with Crippen LogP contribution in [0.2, 0.25) is 0 Å². The van der Waals surface area contributed by atoms with Crippen LogP contribution < -0.4 is 10.5 Å². The first-order valence-electron chi connectivity index (χ1n) is 6.28. The number of rotatable bonds is 3. The summed E-state index contributed by atoms with van der Waals surface area (Å²) in [5.74, 6) is 0.267. The number of hydrogen-bond donors (Lipinski definition) is 1. The van der Waals surface area contributed by atoms with Crippen LogP contribution in [0.3, 0.4) is 0 Å². The van der Waals surface area contributed by atoms with Gasteiger partial charge in [-0.25, -0.2) is 4.39 Å². The molecule has 0 saturated carbocycles. The minimum atomic E-state index is -0.430. The van der Waals surface area contributed by atoms with Gasteiger partial charge in [-0.2, -0.15) is 0 Å². The Morgan fingerprint density at radius 3 is 2.70 bits per heavy atom. The molecule has 3 nitrogen and oxygen atoms in total.